The molecule has 2 aliphatic heterocycles. The van der Waals surface area contributed by atoms with E-state index in [9.17, 15) is 34.9 Å². The van der Waals surface area contributed by atoms with Gasteiger partial charge in [0.05, 0.1) is 33.9 Å². The van der Waals surface area contributed by atoms with E-state index in [1.165, 1.54) is 0 Å². The van der Waals surface area contributed by atoms with E-state index in [-0.39, 0.29) is 35.3 Å². The highest BCUT2D eigenvalue weighted by molar-refractivity contribution is 8.00. The summed E-state index contributed by atoms with van der Waals surface area (Å²) in [6.07, 6.45) is 1.30. The Balaban J connectivity index is 1.70. The Labute approximate surface area is 163 Å². The van der Waals surface area contributed by atoms with E-state index in [1.54, 1.807) is 11.8 Å². The summed E-state index contributed by atoms with van der Waals surface area (Å²) in [6.45, 7) is 0. The van der Waals surface area contributed by atoms with Crippen LogP contribution < -0.4 is 10.6 Å². The summed E-state index contributed by atoms with van der Waals surface area (Å²) in [6, 6.07) is 2.88. The van der Waals surface area contributed by atoms with Crippen molar-refractivity contribution in [1.29, 1.82) is 0 Å². The summed E-state index contributed by atoms with van der Waals surface area (Å²) in [5.74, 6) is -1.58. The van der Waals surface area contributed by atoms with Crippen LogP contribution in [0.2, 0.25) is 0 Å². The Morgan fingerprint density at radius 1 is 1.29 bits per heavy atom. The largest absolute Gasteiger partial charge is 0.481 e. The molecule has 2 saturated heterocycles. The number of rotatable bonds is 8. The molecule has 1 aromatic carbocycles. The van der Waals surface area contributed by atoms with Crippen LogP contribution in [0, 0.1) is 20.2 Å². The molecule has 3 rings (SSSR count). The number of nitro groups is 2. The van der Waals surface area contributed by atoms with Crippen LogP contribution in [0.15, 0.2) is 18.2 Å². The van der Waals surface area contributed by atoms with Gasteiger partial charge < -0.3 is 15.7 Å². The minimum absolute atomic E-state index is 0.00510. The Morgan fingerprint density at radius 3 is 2.68 bits per heavy atom. The van der Waals surface area contributed by atoms with Crippen LogP contribution in [0.5, 0.6) is 0 Å². The third-order valence-corrected chi connectivity index (χ3v) is 6.52. The van der Waals surface area contributed by atoms with Crippen molar-refractivity contribution < 1.29 is 24.5 Å². The smallest absolute Gasteiger partial charge is 0.315 e. The fourth-order valence-corrected chi connectivity index (χ4v) is 5.22. The summed E-state index contributed by atoms with van der Waals surface area (Å²) in [7, 11) is 0. The van der Waals surface area contributed by atoms with Crippen LogP contribution >= 0.6 is 11.8 Å². The number of fused-ring (bicyclic) bond motifs is 1. The molecule has 0 radical (unpaired) electrons. The van der Waals surface area contributed by atoms with Crippen molar-refractivity contribution in [3.63, 3.8) is 0 Å². The molecule has 0 saturated carbocycles. The van der Waals surface area contributed by atoms with Gasteiger partial charge >= 0.3 is 12.0 Å². The lowest BCUT2D eigenvalue weighted by atomic mass is 9.91. The number of carboxylic acids is 1. The molecule has 12 heteroatoms. The molecule has 3 N–H and O–H groups in total. The van der Waals surface area contributed by atoms with Gasteiger partial charge in [0.2, 0.25) is 0 Å². The molecular formula is C16H18N4O7S. The number of non-ortho nitro benzene ring substituents is 1. The molecule has 0 aromatic heterocycles. The molecule has 0 aliphatic carbocycles. The summed E-state index contributed by atoms with van der Waals surface area (Å²) in [5.41, 5.74) is -1.07. The highest BCUT2D eigenvalue weighted by atomic mass is 32.2. The fraction of sp³-hybridized carbons (Fsp3) is 0.500. The molecule has 0 bridgehead atoms. The van der Waals surface area contributed by atoms with E-state index >= 15 is 0 Å². The molecule has 0 spiro atoms. The Morgan fingerprint density at radius 2 is 2.04 bits per heavy atom. The van der Waals surface area contributed by atoms with Crippen molar-refractivity contribution in [2.75, 3.05) is 5.75 Å². The molecule has 1 unspecified atom stereocenters. The van der Waals surface area contributed by atoms with Crippen molar-refractivity contribution in [2.24, 2.45) is 0 Å². The number of aliphatic carboxylic acids is 1. The van der Waals surface area contributed by atoms with Gasteiger partial charge in [-0.3, -0.25) is 25.0 Å². The minimum atomic E-state index is -1.22. The molecule has 28 heavy (non-hydrogen) atoms. The molecule has 2 fully saturated rings. The van der Waals surface area contributed by atoms with Gasteiger partial charge in [-0.25, -0.2) is 4.79 Å². The number of benzene rings is 1. The number of nitro benzene ring substituents is 2. The number of hydrogen-bond donors (Lipinski definition) is 3. The Kier molecular flexibility index (Phi) is 5.68. The van der Waals surface area contributed by atoms with E-state index in [2.05, 4.69) is 10.6 Å². The van der Waals surface area contributed by atoms with Gasteiger partial charge in [0.15, 0.2) is 0 Å². The maximum Gasteiger partial charge on any atom is 0.315 e. The maximum absolute atomic E-state index is 11.7. The molecule has 11 nitrogen and oxygen atoms in total. The van der Waals surface area contributed by atoms with Crippen molar-refractivity contribution in [3.05, 3.63) is 44.0 Å². The second kappa shape index (κ2) is 8.00. The van der Waals surface area contributed by atoms with E-state index < -0.39 is 33.1 Å². The topological polar surface area (TPSA) is 165 Å². The molecule has 2 aliphatic rings. The van der Waals surface area contributed by atoms with E-state index in [0.717, 1.165) is 24.0 Å². The van der Waals surface area contributed by atoms with Crippen LogP contribution in [0.4, 0.5) is 16.2 Å². The molecule has 4 atom stereocenters. The highest BCUT2D eigenvalue weighted by Crippen LogP contribution is 2.36. The number of urea groups is 1. The molecule has 2 heterocycles. The van der Waals surface area contributed by atoms with E-state index in [4.69, 9.17) is 0 Å². The van der Waals surface area contributed by atoms with Gasteiger partial charge in [0.1, 0.15) is 0 Å². The van der Waals surface area contributed by atoms with Crippen LogP contribution in [-0.2, 0) is 4.79 Å². The van der Waals surface area contributed by atoms with Crippen LogP contribution in [-0.4, -0.2) is 50.0 Å². The zero-order valence-electron chi connectivity index (χ0n) is 14.6. The molecule has 150 valence electrons. The molecule has 1 aromatic rings. The number of carbonyl (C=O) groups excluding carboxylic acids is 1. The summed E-state index contributed by atoms with van der Waals surface area (Å²) < 4.78 is 0. The average molecular weight is 410 g/mol. The summed E-state index contributed by atoms with van der Waals surface area (Å²) in [4.78, 5) is 43.7. The van der Waals surface area contributed by atoms with Gasteiger partial charge in [0, 0.05) is 22.6 Å². The normalized spacial score (nSPS) is 24.1. The standard InChI is InChI=1S/C16H18N4O7S/c21-15(22)10(9-5-4-8(19(24)25)6-12(9)20(26)27)2-1-3-13-14-11(7-28-13)17-16(23)18-14/h4-6,10-11,13-14H,1-3,7H2,(H,21,22)(H2,17,18,23)/t10?,11-,13-,14-/m0/s1. The quantitative estimate of drug-likeness (QED) is 0.332. The predicted molar refractivity (Wildman–Crippen MR) is 99.5 cm³/mol. The second-order valence-corrected chi connectivity index (χ2v) is 7.97. The zero-order valence-corrected chi connectivity index (χ0v) is 15.4. The number of thioether (sulfide) groups is 1. The first-order chi connectivity index (χ1) is 13.3. The van der Waals surface area contributed by atoms with E-state index in [0.29, 0.717) is 12.8 Å². The van der Waals surface area contributed by atoms with Crippen molar-refractivity contribution >= 4 is 35.1 Å². The SMILES string of the molecule is O=C1N[C@H]2[C@H](CS[C@H]2CCCC(C(=O)O)c2ccc([N+](=O)[O-])cc2[N+](=O)[O-])N1. The Hall–Kier alpha value is -2.89. The average Bonchev–Trinajstić information content (AvgIpc) is 3.17. The van der Waals surface area contributed by atoms with Gasteiger partial charge in [-0.05, 0) is 18.9 Å². The first-order valence-electron chi connectivity index (χ1n) is 8.62. The third-order valence-electron chi connectivity index (χ3n) is 5.01. The van der Waals surface area contributed by atoms with Crippen molar-refractivity contribution in [1.82, 2.24) is 10.6 Å². The van der Waals surface area contributed by atoms with Gasteiger partial charge in [0.25, 0.3) is 11.4 Å². The first-order valence-corrected chi connectivity index (χ1v) is 9.67. The predicted octanol–water partition coefficient (Wildman–Crippen LogP) is 2.01. The number of carbonyl (C=O) groups is 2. The summed E-state index contributed by atoms with van der Waals surface area (Å²) in [5, 5.41) is 37.5. The van der Waals surface area contributed by atoms with Crippen LogP contribution in [0.1, 0.15) is 30.7 Å². The lowest BCUT2D eigenvalue weighted by Gasteiger charge is -2.18. The van der Waals surface area contributed by atoms with Crippen LogP contribution in [0.3, 0.4) is 0 Å². The second-order valence-electron chi connectivity index (χ2n) is 6.70. The highest BCUT2D eigenvalue weighted by Gasteiger charge is 2.42. The van der Waals surface area contributed by atoms with Crippen molar-refractivity contribution in [3.8, 4) is 0 Å². The van der Waals surface area contributed by atoms with Gasteiger partial charge in [-0.2, -0.15) is 11.8 Å². The number of nitrogens with one attached hydrogen (secondary N) is 2. The lowest BCUT2D eigenvalue weighted by molar-refractivity contribution is -0.394. The van der Waals surface area contributed by atoms with Gasteiger partial charge in [-0.15, -0.1) is 0 Å². The zero-order chi connectivity index (χ0) is 20.4. The number of amides is 2. The van der Waals surface area contributed by atoms with E-state index in [1.807, 2.05) is 0 Å². The Bertz CT molecular complexity index is 833. The fourth-order valence-electron chi connectivity index (χ4n) is 3.68. The molecular weight excluding hydrogens is 392 g/mol. The molecule has 2 amide bonds. The van der Waals surface area contributed by atoms with Gasteiger partial charge in [-0.1, -0.05) is 6.42 Å². The first kappa shape index (κ1) is 19.9. The third kappa shape index (κ3) is 4.01. The van der Waals surface area contributed by atoms with Crippen LogP contribution in [0.25, 0.3) is 0 Å². The minimum Gasteiger partial charge on any atom is -0.481 e. The maximum atomic E-state index is 11.7. The lowest BCUT2D eigenvalue weighted by Crippen LogP contribution is -2.36. The van der Waals surface area contributed by atoms with Crippen molar-refractivity contribution in [2.45, 2.75) is 42.5 Å². The number of nitrogens with zero attached hydrogens (tertiary/aromatic N) is 2. The summed E-state index contributed by atoms with van der Waals surface area (Å²) >= 11 is 1.70. The number of carboxylic acid groups (broad SMARTS) is 1. The monoisotopic (exact) mass is 410 g/mol. The number of hydrogen-bond acceptors (Lipinski definition) is 7.